The third-order valence-corrected chi connectivity index (χ3v) is 4.71. The summed E-state index contributed by atoms with van der Waals surface area (Å²) in [6.07, 6.45) is 0.511. The van der Waals surface area contributed by atoms with Gasteiger partial charge in [-0.3, -0.25) is 14.9 Å². The Hall–Kier alpha value is -3.75. The van der Waals surface area contributed by atoms with Crippen LogP contribution in [0.15, 0.2) is 53.1 Å². The third-order valence-electron chi connectivity index (χ3n) is 4.71. The molecule has 2 heterocycles. The van der Waals surface area contributed by atoms with Crippen LogP contribution in [-0.2, 0) is 17.8 Å². The van der Waals surface area contributed by atoms with Crippen molar-refractivity contribution in [2.75, 3.05) is 13.2 Å². The largest absolute Gasteiger partial charge is 0.477 e. The molecule has 1 aliphatic rings. The normalized spacial score (nSPS) is 13.1. The zero-order chi connectivity index (χ0) is 20.4. The van der Waals surface area contributed by atoms with Gasteiger partial charge in [0.2, 0.25) is 0 Å². The number of rotatable bonds is 5. The number of aromatic nitrogens is 1. The smallest absolute Gasteiger partial charge is 0.310 e. The number of carbonyl (C=O) groups is 1. The van der Waals surface area contributed by atoms with E-state index in [1.54, 1.807) is 23.1 Å². The van der Waals surface area contributed by atoms with Crippen molar-refractivity contribution in [1.82, 2.24) is 10.1 Å². The predicted molar refractivity (Wildman–Crippen MR) is 99.6 cm³/mol. The molecule has 0 aliphatic carbocycles. The van der Waals surface area contributed by atoms with Gasteiger partial charge in [-0.2, -0.15) is 0 Å². The molecule has 0 fully saturated rings. The Morgan fingerprint density at radius 2 is 2.00 bits per heavy atom. The number of nitro benzene ring substituents is 1. The second-order valence-corrected chi connectivity index (χ2v) is 6.52. The van der Waals surface area contributed by atoms with Crippen molar-refractivity contribution in [3.63, 3.8) is 0 Å². The van der Waals surface area contributed by atoms with Gasteiger partial charge in [0.25, 0.3) is 5.91 Å². The molecule has 0 saturated heterocycles. The first-order valence-corrected chi connectivity index (χ1v) is 8.90. The standard InChI is InChI=1S/C20H16FN3O5/c21-14-7-5-13(6-8-14)20-15-11-23(10-9-16(15)22-29-20)19(25)12-28-18-4-2-1-3-17(18)24(26)27/h1-8H,9-12H2. The highest BCUT2D eigenvalue weighted by molar-refractivity contribution is 5.78. The van der Waals surface area contributed by atoms with Gasteiger partial charge in [-0.15, -0.1) is 0 Å². The van der Waals surface area contributed by atoms with Crippen molar-refractivity contribution in [1.29, 1.82) is 0 Å². The summed E-state index contributed by atoms with van der Waals surface area (Å²) in [6.45, 7) is 0.378. The zero-order valence-electron chi connectivity index (χ0n) is 15.2. The van der Waals surface area contributed by atoms with Gasteiger partial charge < -0.3 is 14.2 Å². The number of hydrogen-bond acceptors (Lipinski definition) is 6. The second kappa shape index (κ2) is 7.70. The summed E-state index contributed by atoms with van der Waals surface area (Å²) in [5, 5.41) is 15.1. The van der Waals surface area contributed by atoms with E-state index < -0.39 is 4.92 Å². The first-order chi connectivity index (χ1) is 14.0. The molecule has 3 aromatic rings. The fourth-order valence-electron chi connectivity index (χ4n) is 3.21. The molecule has 148 valence electrons. The second-order valence-electron chi connectivity index (χ2n) is 6.52. The Kier molecular flexibility index (Phi) is 4.94. The van der Waals surface area contributed by atoms with Crippen LogP contribution in [0, 0.1) is 15.9 Å². The summed E-state index contributed by atoms with van der Waals surface area (Å²) in [6, 6.07) is 11.7. The molecule has 9 heteroatoms. The van der Waals surface area contributed by atoms with Gasteiger partial charge in [0, 0.05) is 30.2 Å². The Labute approximate surface area is 164 Å². The van der Waals surface area contributed by atoms with Crippen molar-refractivity contribution >= 4 is 11.6 Å². The van der Waals surface area contributed by atoms with E-state index in [9.17, 15) is 19.3 Å². The summed E-state index contributed by atoms with van der Waals surface area (Å²) in [5.74, 6) is -0.121. The van der Waals surface area contributed by atoms with Crippen LogP contribution in [0.25, 0.3) is 11.3 Å². The lowest BCUT2D eigenvalue weighted by molar-refractivity contribution is -0.385. The monoisotopic (exact) mass is 397 g/mol. The maximum atomic E-state index is 13.2. The minimum atomic E-state index is -0.556. The van der Waals surface area contributed by atoms with Crippen molar-refractivity contribution in [2.24, 2.45) is 0 Å². The number of para-hydroxylation sites is 2. The number of amides is 1. The van der Waals surface area contributed by atoms with Gasteiger partial charge in [0.1, 0.15) is 5.82 Å². The molecule has 1 aromatic heterocycles. The Morgan fingerprint density at radius 3 is 2.76 bits per heavy atom. The first kappa shape index (κ1) is 18.6. The molecule has 8 nitrogen and oxygen atoms in total. The highest BCUT2D eigenvalue weighted by atomic mass is 19.1. The highest BCUT2D eigenvalue weighted by Gasteiger charge is 2.28. The lowest BCUT2D eigenvalue weighted by Crippen LogP contribution is -2.38. The van der Waals surface area contributed by atoms with Crippen LogP contribution in [-0.4, -0.2) is 34.0 Å². The number of nitro groups is 1. The fourth-order valence-corrected chi connectivity index (χ4v) is 3.21. The average Bonchev–Trinajstić information content (AvgIpc) is 3.16. The van der Waals surface area contributed by atoms with Gasteiger partial charge >= 0.3 is 5.69 Å². The molecule has 0 saturated carbocycles. The zero-order valence-corrected chi connectivity index (χ0v) is 15.2. The number of hydrogen-bond donors (Lipinski definition) is 0. The van der Waals surface area contributed by atoms with Gasteiger partial charge in [0.15, 0.2) is 18.1 Å². The number of nitrogens with zero attached hydrogens (tertiary/aromatic N) is 3. The molecule has 0 spiro atoms. The van der Waals surface area contributed by atoms with Crippen molar-refractivity contribution in [3.05, 3.63) is 75.7 Å². The molecule has 2 aromatic carbocycles. The SMILES string of the molecule is O=C(COc1ccccc1[N+](=O)[O-])N1CCc2noc(-c3ccc(F)cc3)c2C1. The van der Waals surface area contributed by atoms with E-state index in [1.807, 2.05) is 0 Å². The lowest BCUT2D eigenvalue weighted by Gasteiger charge is -2.26. The topological polar surface area (TPSA) is 98.7 Å². The van der Waals surface area contributed by atoms with Crippen molar-refractivity contribution < 1.29 is 23.4 Å². The van der Waals surface area contributed by atoms with Crippen molar-refractivity contribution in [2.45, 2.75) is 13.0 Å². The Balaban J connectivity index is 1.47. The maximum absolute atomic E-state index is 13.2. The van der Waals surface area contributed by atoms with Crippen LogP contribution in [0.4, 0.5) is 10.1 Å². The van der Waals surface area contributed by atoms with Crippen LogP contribution < -0.4 is 4.74 Å². The molecule has 0 radical (unpaired) electrons. The van der Waals surface area contributed by atoms with E-state index in [2.05, 4.69) is 5.16 Å². The van der Waals surface area contributed by atoms with Crippen LogP contribution in [0.5, 0.6) is 5.75 Å². The van der Waals surface area contributed by atoms with Crippen LogP contribution >= 0.6 is 0 Å². The van der Waals surface area contributed by atoms with Gasteiger partial charge in [-0.1, -0.05) is 17.3 Å². The summed E-state index contributed by atoms with van der Waals surface area (Å²) < 4.78 is 24.0. The summed E-state index contributed by atoms with van der Waals surface area (Å²) in [4.78, 5) is 24.7. The summed E-state index contributed by atoms with van der Waals surface area (Å²) in [7, 11) is 0. The van der Waals surface area contributed by atoms with E-state index in [0.717, 1.165) is 11.3 Å². The quantitative estimate of drug-likeness (QED) is 0.484. The third kappa shape index (κ3) is 3.79. The fraction of sp³-hybridized carbons (Fsp3) is 0.200. The lowest BCUT2D eigenvalue weighted by atomic mass is 10.0. The number of ether oxygens (including phenoxy) is 1. The molecule has 0 N–H and O–H groups in total. The van der Waals surface area contributed by atoms with Gasteiger partial charge in [-0.05, 0) is 30.3 Å². The van der Waals surface area contributed by atoms with E-state index in [-0.39, 0.29) is 36.3 Å². The average molecular weight is 397 g/mol. The van der Waals surface area contributed by atoms with Crippen molar-refractivity contribution in [3.8, 4) is 17.1 Å². The van der Waals surface area contributed by atoms with E-state index in [0.29, 0.717) is 24.3 Å². The van der Waals surface area contributed by atoms with Crippen LogP contribution in [0.3, 0.4) is 0 Å². The van der Waals surface area contributed by atoms with E-state index in [4.69, 9.17) is 9.26 Å². The first-order valence-electron chi connectivity index (χ1n) is 8.90. The molecular weight excluding hydrogens is 381 g/mol. The van der Waals surface area contributed by atoms with Crippen LogP contribution in [0.1, 0.15) is 11.3 Å². The molecule has 1 aliphatic heterocycles. The minimum absolute atomic E-state index is 0.0422. The maximum Gasteiger partial charge on any atom is 0.310 e. The predicted octanol–water partition coefficient (Wildman–Crippen LogP) is 3.35. The number of carbonyl (C=O) groups excluding carboxylic acids is 1. The molecule has 0 unspecified atom stereocenters. The van der Waals surface area contributed by atoms with Gasteiger partial charge in [0.05, 0.1) is 17.2 Å². The molecular formula is C20H16FN3O5. The van der Waals surface area contributed by atoms with Gasteiger partial charge in [-0.25, -0.2) is 4.39 Å². The highest BCUT2D eigenvalue weighted by Crippen LogP contribution is 2.31. The molecule has 0 bridgehead atoms. The Bertz CT molecular complexity index is 1060. The Morgan fingerprint density at radius 1 is 1.24 bits per heavy atom. The molecule has 1 amide bonds. The summed E-state index contributed by atoms with van der Waals surface area (Å²) in [5.41, 5.74) is 2.00. The number of benzene rings is 2. The molecule has 29 heavy (non-hydrogen) atoms. The number of fused-ring (bicyclic) bond motifs is 1. The van der Waals surface area contributed by atoms with Crippen LogP contribution in [0.2, 0.25) is 0 Å². The molecule has 4 rings (SSSR count). The number of halogens is 1. The van der Waals surface area contributed by atoms with E-state index in [1.165, 1.54) is 30.3 Å². The van der Waals surface area contributed by atoms with E-state index >= 15 is 0 Å². The molecule has 0 atom stereocenters. The summed E-state index contributed by atoms with van der Waals surface area (Å²) >= 11 is 0. The minimum Gasteiger partial charge on any atom is -0.477 e.